The second kappa shape index (κ2) is 13.3. The van der Waals surface area contributed by atoms with Crippen LogP contribution in [0.5, 0.6) is 0 Å². The van der Waals surface area contributed by atoms with Crippen LogP contribution in [0, 0.1) is 35.0 Å². The minimum absolute atomic E-state index is 0.0526. The molecule has 6 heteroatoms. The molecule has 0 saturated heterocycles. The molecule has 1 unspecified atom stereocenters. The zero-order chi connectivity index (χ0) is 32.1. The van der Waals surface area contributed by atoms with E-state index in [9.17, 15) is 14.0 Å². The van der Waals surface area contributed by atoms with Gasteiger partial charge in [-0.2, -0.15) is 5.26 Å². The second-order valence-corrected chi connectivity index (χ2v) is 12.1. The van der Waals surface area contributed by atoms with Gasteiger partial charge in [-0.25, -0.2) is 13.6 Å². The molecule has 0 spiro atoms. The highest BCUT2D eigenvalue weighted by Gasteiger charge is 2.43. The lowest BCUT2D eigenvalue weighted by atomic mass is 9.75. The Balaban J connectivity index is 1.67. The van der Waals surface area contributed by atoms with Crippen molar-refractivity contribution in [1.29, 1.82) is 5.26 Å². The normalized spacial score (nSPS) is 21.8. The summed E-state index contributed by atoms with van der Waals surface area (Å²) >= 11 is 0. The summed E-state index contributed by atoms with van der Waals surface area (Å²) < 4.78 is 34.2. The molecule has 1 heterocycles. The van der Waals surface area contributed by atoms with Crippen LogP contribution in [0.15, 0.2) is 107 Å². The van der Waals surface area contributed by atoms with Gasteiger partial charge < -0.3 is 9.64 Å². The first kappa shape index (κ1) is 32.2. The first-order valence-corrected chi connectivity index (χ1v) is 14.9. The first-order valence-electron chi connectivity index (χ1n) is 14.9. The molecule has 44 heavy (non-hydrogen) atoms. The van der Waals surface area contributed by atoms with Gasteiger partial charge >= 0.3 is 0 Å². The van der Waals surface area contributed by atoms with Gasteiger partial charge in [-0.3, -0.25) is 0 Å². The van der Waals surface area contributed by atoms with E-state index >= 15 is 0 Å². The van der Waals surface area contributed by atoms with Gasteiger partial charge in [0.1, 0.15) is 11.8 Å². The summed E-state index contributed by atoms with van der Waals surface area (Å²) in [4.78, 5) is 5.78. The van der Waals surface area contributed by atoms with E-state index < -0.39 is 17.2 Å². The Morgan fingerprint density at radius 2 is 1.73 bits per heavy atom. The van der Waals surface area contributed by atoms with Gasteiger partial charge in [0.05, 0.1) is 12.1 Å². The maximum Gasteiger partial charge on any atom is 0.204 e. The minimum Gasteiger partial charge on any atom is -0.488 e. The molecule has 0 amide bonds. The van der Waals surface area contributed by atoms with Crippen LogP contribution in [-0.2, 0) is 10.3 Å². The number of nitriles is 1. The summed E-state index contributed by atoms with van der Waals surface area (Å²) in [6.45, 7) is 21.5. The predicted molar refractivity (Wildman–Crippen MR) is 174 cm³/mol. The van der Waals surface area contributed by atoms with Crippen molar-refractivity contribution in [3.63, 3.8) is 0 Å². The molecular weight excluding hydrogens is 552 g/mol. The van der Waals surface area contributed by atoms with Crippen LogP contribution in [0.2, 0.25) is 0 Å². The SMILES string of the molecule is [C-]#[N+]/C(C)=C1\OC(C)(c2ccc(F)c(F)c2)C(/C=C/C=C2C=C(/C=C/c3ccc(N(CC)CC)cc3)CC(C)(C)C/2)=C1C#N. The Labute approximate surface area is 260 Å². The molecule has 0 N–H and O–H groups in total. The zero-order valence-electron chi connectivity index (χ0n) is 26.3. The van der Waals surface area contributed by atoms with E-state index in [1.807, 2.05) is 12.2 Å². The molecule has 1 aliphatic carbocycles. The van der Waals surface area contributed by atoms with Crippen molar-refractivity contribution in [2.24, 2.45) is 5.41 Å². The van der Waals surface area contributed by atoms with Crippen molar-refractivity contribution in [2.75, 3.05) is 18.0 Å². The fourth-order valence-corrected chi connectivity index (χ4v) is 5.92. The Morgan fingerprint density at radius 3 is 2.34 bits per heavy atom. The van der Waals surface area contributed by atoms with Crippen molar-refractivity contribution in [3.05, 3.63) is 141 Å². The third-order valence-electron chi connectivity index (χ3n) is 8.22. The molecule has 0 aromatic heterocycles. The maximum atomic E-state index is 14.3. The third kappa shape index (κ3) is 6.92. The van der Waals surface area contributed by atoms with E-state index in [4.69, 9.17) is 11.3 Å². The molecule has 0 fully saturated rings. The van der Waals surface area contributed by atoms with Gasteiger partial charge in [0.2, 0.25) is 5.70 Å². The lowest BCUT2D eigenvalue weighted by Gasteiger charge is -2.30. The van der Waals surface area contributed by atoms with E-state index in [1.165, 1.54) is 17.3 Å². The molecule has 2 aromatic carbocycles. The molecular formula is C38H39F2N3O. The van der Waals surface area contributed by atoms with Gasteiger partial charge in [0.25, 0.3) is 0 Å². The Hall–Kier alpha value is -4.68. The number of anilines is 1. The van der Waals surface area contributed by atoms with E-state index in [0.29, 0.717) is 11.1 Å². The average Bonchev–Trinajstić information content (AvgIpc) is 3.29. The predicted octanol–water partition coefficient (Wildman–Crippen LogP) is 9.97. The highest BCUT2D eigenvalue weighted by Crippen LogP contribution is 2.47. The van der Waals surface area contributed by atoms with Crippen molar-refractivity contribution in [1.82, 2.24) is 0 Å². The molecule has 1 aliphatic heterocycles. The second-order valence-electron chi connectivity index (χ2n) is 12.1. The molecule has 226 valence electrons. The van der Waals surface area contributed by atoms with Crippen molar-refractivity contribution in [2.45, 2.75) is 60.0 Å². The molecule has 0 bridgehead atoms. The minimum atomic E-state index is -1.29. The van der Waals surface area contributed by atoms with Crippen LogP contribution in [0.25, 0.3) is 10.9 Å². The van der Waals surface area contributed by atoms with Gasteiger partial charge in [-0.15, -0.1) is 0 Å². The topological polar surface area (TPSA) is 40.6 Å². The number of rotatable bonds is 8. The highest BCUT2D eigenvalue weighted by atomic mass is 19.2. The summed E-state index contributed by atoms with van der Waals surface area (Å²) in [6, 6.07) is 14.3. The van der Waals surface area contributed by atoms with Crippen molar-refractivity contribution >= 4 is 11.8 Å². The van der Waals surface area contributed by atoms with Crippen molar-refractivity contribution < 1.29 is 13.5 Å². The summed E-state index contributed by atoms with van der Waals surface area (Å²) in [7, 11) is 0. The number of hydrogen-bond acceptors (Lipinski definition) is 3. The van der Waals surface area contributed by atoms with Gasteiger partial charge in [-0.1, -0.05) is 68.5 Å². The molecule has 1 atom stereocenters. The molecule has 2 aliphatic rings. The van der Waals surface area contributed by atoms with Crippen molar-refractivity contribution in [3.8, 4) is 6.07 Å². The van der Waals surface area contributed by atoms with Crippen LogP contribution in [-0.4, -0.2) is 13.1 Å². The summed E-state index contributed by atoms with van der Waals surface area (Å²) in [5, 5.41) is 10.1. The third-order valence-corrected chi connectivity index (χ3v) is 8.22. The zero-order valence-corrected chi connectivity index (χ0v) is 26.3. The van der Waals surface area contributed by atoms with Crippen LogP contribution < -0.4 is 4.90 Å². The molecule has 2 aromatic rings. The molecule has 0 saturated carbocycles. The largest absolute Gasteiger partial charge is 0.488 e. The van der Waals surface area contributed by atoms with Crippen LogP contribution >= 0.6 is 0 Å². The van der Waals surface area contributed by atoms with Gasteiger partial charge in [0.15, 0.2) is 17.2 Å². The lowest BCUT2D eigenvalue weighted by Crippen LogP contribution is -2.23. The van der Waals surface area contributed by atoms with E-state index in [1.54, 1.807) is 19.9 Å². The number of allylic oxidation sites excluding steroid dienone is 8. The van der Waals surface area contributed by atoms with Gasteiger partial charge in [-0.05, 0) is 86.9 Å². The van der Waals surface area contributed by atoms with Crippen LogP contribution in [0.3, 0.4) is 0 Å². The number of benzene rings is 2. The van der Waals surface area contributed by atoms with E-state index in [0.717, 1.165) is 49.2 Å². The monoisotopic (exact) mass is 591 g/mol. The number of hydrogen-bond donors (Lipinski definition) is 0. The van der Waals surface area contributed by atoms with Crippen LogP contribution in [0.1, 0.15) is 65.5 Å². The molecule has 4 nitrogen and oxygen atoms in total. The summed E-state index contributed by atoms with van der Waals surface area (Å²) in [5.74, 6) is -1.83. The molecule has 4 rings (SSSR count). The van der Waals surface area contributed by atoms with E-state index in [2.05, 4.69) is 86.0 Å². The standard InChI is InChI=1S/C38H39F2N3O/c1-8-43(9-2)31-18-15-27(16-19-31)13-14-29-21-28(23-37(4,5)24-29)11-10-12-33-32(25-41)36(26(3)42-7)44-38(33,6)30-17-20-34(39)35(40)22-30/h10-22H,8-9,23-24H2,1-6H3/b12-10+,14-13+,28-11-,36-26-. The summed E-state index contributed by atoms with van der Waals surface area (Å²) in [5.41, 5.74) is 4.73. The Kier molecular flexibility index (Phi) is 9.75. The lowest BCUT2D eigenvalue weighted by molar-refractivity contribution is 0.0744. The van der Waals surface area contributed by atoms with Gasteiger partial charge in [0, 0.05) is 29.9 Å². The fraction of sp³-hybridized carbons (Fsp3) is 0.316. The highest BCUT2D eigenvalue weighted by molar-refractivity contribution is 5.60. The fourth-order valence-electron chi connectivity index (χ4n) is 5.92. The maximum absolute atomic E-state index is 14.3. The smallest absolute Gasteiger partial charge is 0.204 e. The average molecular weight is 592 g/mol. The first-order chi connectivity index (χ1) is 20.9. The Morgan fingerprint density at radius 1 is 1.02 bits per heavy atom. The number of nitrogens with zero attached hydrogens (tertiary/aromatic N) is 3. The number of ether oxygens (including phenoxy) is 1. The number of halogens is 2. The molecule has 0 radical (unpaired) electrons. The van der Waals surface area contributed by atoms with E-state index in [-0.39, 0.29) is 22.4 Å². The summed E-state index contributed by atoms with van der Waals surface area (Å²) in [6.07, 6.45) is 14.0. The van der Waals surface area contributed by atoms with Crippen LogP contribution in [0.4, 0.5) is 14.5 Å². The Bertz CT molecular complexity index is 1690. The quantitative estimate of drug-likeness (QED) is 0.287.